The molecule has 1 saturated heterocycles. The Balaban J connectivity index is 2.15. The summed E-state index contributed by atoms with van der Waals surface area (Å²) < 4.78 is 5.89. The van der Waals surface area contributed by atoms with E-state index in [4.69, 9.17) is 15.7 Å². The number of hydrogen-bond acceptors (Lipinski definition) is 4. The molecule has 1 aliphatic heterocycles. The van der Waals surface area contributed by atoms with Crippen LogP contribution in [0.2, 0.25) is 0 Å². The first-order valence-corrected chi connectivity index (χ1v) is 6.26. The van der Waals surface area contributed by atoms with Crippen molar-refractivity contribution in [1.29, 1.82) is 5.26 Å². The highest BCUT2D eigenvalue weighted by Gasteiger charge is 2.24. The summed E-state index contributed by atoms with van der Waals surface area (Å²) in [6.45, 7) is 1.19. The third kappa shape index (κ3) is 2.63. The molecule has 2 N–H and O–H groups in total. The number of amides is 1. The fourth-order valence-electron chi connectivity index (χ4n) is 1.75. The molecule has 0 aliphatic carbocycles. The Morgan fingerprint density at radius 3 is 3.06 bits per heavy atom. The van der Waals surface area contributed by atoms with Crippen LogP contribution in [-0.2, 0) is 4.74 Å². The number of nitrogens with two attached hydrogens (primary N) is 1. The van der Waals surface area contributed by atoms with Crippen LogP contribution in [0.4, 0.5) is 5.69 Å². The van der Waals surface area contributed by atoms with E-state index in [1.165, 1.54) is 0 Å². The van der Waals surface area contributed by atoms with Crippen molar-refractivity contribution < 1.29 is 9.53 Å². The first-order chi connectivity index (χ1) is 8.61. The van der Waals surface area contributed by atoms with Crippen molar-refractivity contribution in [3.05, 3.63) is 28.2 Å². The van der Waals surface area contributed by atoms with Gasteiger partial charge in [0, 0.05) is 22.3 Å². The van der Waals surface area contributed by atoms with Gasteiger partial charge in [-0.05, 0) is 34.1 Å². The van der Waals surface area contributed by atoms with Crippen LogP contribution in [0.3, 0.4) is 0 Å². The van der Waals surface area contributed by atoms with Crippen molar-refractivity contribution >= 4 is 27.5 Å². The number of benzene rings is 1. The number of carbonyl (C=O) groups is 1. The normalized spacial score (nSPS) is 19.3. The lowest BCUT2D eigenvalue weighted by atomic mass is 10.1. The molecule has 94 valence electrons. The summed E-state index contributed by atoms with van der Waals surface area (Å²) in [7, 11) is 0. The molecule has 1 atom stereocenters. The molecule has 0 bridgehead atoms. The highest BCUT2D eigenvalue weighted by Crippen LogP contribution is 2.21. The first-order valence-electron chi connectivity index (χ1n) is 5.47. The molecular weight excluding hydrogens is 298 g/mol. The van der Waals surface area contributed by atoms with Gasteiger partial charge >= 0.3 is 0 Å². The zero-order chi connectivity index (χ0) is 13.1. The molecule has 1 fully saturated rings. The number of rotatable bonds is 1. The quantitative estimate of drug-likeness (QED) is 0.795. The predicted octanol–water partition coefficient (Wildman–Crippen LogP) is 1.40. The van der Waals surface area contributed by atoms with Crippen LogP contribution in [0.5, 0.6) is 0 Å². The Hall–Kier alpha value is -1.58. The number of halogens is 1. The average Bonchev–Trinajstić information content (AvgIpc) is 2.41. The second-order valence-corrected chi connectivity index (χ2v) is 4.83. The molecule has 1 aromatic carbocycles. The summed E-state index contributed by atoms with van der Waals surface area (Å²) in [5.41, 5.74) is 6.81. The number of carbonyl (C=O) groups excluding carboxylic acids is 1. The number of hydrogen-bond donors (Lipinski definition) is 1. The Morgan fingerprint density at radius 1 is 1.61 bits per heavy atom. The Labute approximate surface area is 113 Å². The molecule has 0 spiro atoms. The van der Waals surface area contributed by atoms with Crippen molar-refractivity contribution in [3.63, 3.8) is 0 Å². The minimum Gasteiger partial charge on any atom is -0.398 e. The van der Waals surface area contributed by atoms with Crippen molar-refractivity contribution in [3.8, 4) is 6.07 Å². The van der Waals surface area contributed by atoms with E-state index in [9.17, 15) is 4.79 Å². The number of nitrogens with zero attached hydrogens (tertiary/aromatic N) is 2. The van der Waals surface area contributed by atoms with Gasteiger partial charge in [0.2, 0.25) is 0 Å². The molecule has 1 aliphatic rings. The highest BCUT2D eigenvalue weighted by atomic mass is 79.9. The topological polar surface area (TPSA) is 79.4 Å². The van der Waals surface area contributed by atoms with Gasteiger partial charge < -0.3 is 15.4 Å². The van der Waals surface area contributed by atoms with E-state index in [2.05, 4.69) is 15.9 Å². The van der Waals surface area contributed by atoms with Crippen LogP contribution >= 0.6 is 15.9 Å². The van der Waals surface area contributed by atoms with E-state index in [-0.39, 0.29) is 5.91 Å². The highest BCUT2D eigenvalue weighted by molar-refractivity contribution is 9.10. The van der Waals surface area contributed by atoms with Crippen LogP contribution in [0.15, 0.2) is 22.7 Å². The maximum Gasteiger partial charge on any atom is 0.254 e. The molecular formula is C12H12BrN3O2. The van der Waals surface area contributed by atoms with Crippen LogP contribution in [-0.4, -0.2) is 36.6 Å². The maximum absolute atomic E-state index is 12.2. The van der Waals surface area contributed by atoms with Gasteiger partial charge in [-0.25, -0.2) is 0 Å². The zero-order valence-electron chi connectivity index (χ0n) is 9.60. The molecule has 5 nitrogen and oxygen atoms in total. The van der Waals surface area contributed by atoms with E-state index >= 15 is 0 Å². The zero-order valence-corrected chi connectivity index (χ0v) is 11.2. The van der Waals surface area contributed by atoms with E-state index in [0.717, 1.165) is 0 Å². The molecule has 2 rings (SSSR count). The summed E-state index contributed by atoms with van der Waals surface area (Å²) in [5.74, 6) is -0.112. The van der Waals surface area contributed by atoms with Gasteiger partial charge in [-0.15, -0.1) is 0 Å². The van der Waals surface area contributed by atoms with E-state index in [1.54, 1.807) is 23.1 Å². The summed E-state index contributed by atoms with van der Waals surface area (Å²) in [5, 5.41) is 8.80. The lowest BCUT2D eigenvalue weighted by molar-refractivity contribution is 0.00346. The fourth-order valence-corrected chi connectivity index (χ4v) is 2.13. The summed E-state index contributed by atoms with van der Waals surface area (Å²) in [6, 6.07) is 7.06. The second-order valence-electron chi connectivity index (χ2n) is 3.98. The summed E-state index contributed by atoms with van der Waals surface area (Å²) in [6.07, 6.45) is -0.542. The molecule has 1 unspecified atom stereocenters. The van der Waals surface area contributed by atoms with Crippen molar-refractivity contribution in [1.82, 2.24) is 4.90 Å². The smallest absolute Gasteiger partial charge is 0.254 e. The molecule has 18 heavy (non-hydrogen) atoms. The number of ether oxygens (including phenoxy) is 1. The van der Waals surface area contributed by atoms with Gasteiger partial charge in [0.15, 0.2) is 6.10 Å². The van der Waals surface area contributed by atoms with Gasteiger partial charge in [0.1, 0.15) is 0 Å². The number of morpholine rings is 1. The molecule has 0 saturated carbocycles. The lowest BCUT2D eigenvalue weighted by Crippen LogP contribution is -2.45. The van der Waals surface area contributed by atoms with Gasteiger partial charge in [-0.2, -0.15) is 5.26 Å². The third-order valence-electron chi connectivity index (χ3n) is 2.75. The van der Waals surface area contributed by atoms with Gasteiger partial charge in [0.25, 0.3) is 5.91 Å². The van der Waals surface area contributed by atoms with E-state index in [1.807, 2.05) is 6.07 Å². The first kappa shape index (κ1) is 12.9. The molecule has 1 heterocycles. The number of anilines is 1. The van der Waals surface area contributed by atoms with Crippen molar-refractivity contribution in [2.75, 3.05) is 25.4 Å². The van der Waals surface area contributed by atoms with Gasteiger partial charge in [-0.1, -0.05) is 0 Å². The van der Waals surface area contributed by atoms with Crippen LogP contribution in [0.25, 0.3) is 0 Å². The van der Waals surface area contributed by atoms with Crippen LogP contribution < -0.4 is 5.73 Å². The predicted molar refractivity (Wildman–Crippen MR) is 69.8 cm³/mol. The van der Waals surface area contributed by atoms with Gasteiger partial charge in [-0.3, -0.25) is 4.79 Å². The third-order valence-corrected chi connectivity index (χ3v) is 3.43. The van der Waals surface area contributed by atoms with Crippen LogP contribution in [0.1, 0.15) is 10.4 Å². The molecule has 1 aromatic rings. The van der Waals surface area contributed by atoms with E-state index < -0.39 is 6.10 Å². The Kier molecular flexibility index (Phi) is 3.84. The Morgan fingerprint density at radius 2 is 2.39 bits per heavy atom. The second kappa shape index (κ2) is 5.38. The number of nitriles is 1. The molecule has 1 amide bonds. The SMILES string of the molecule is N#CC1CN(C(=O)c2ccc(N)c(Br)c2)CCO1. The number of nitrogen functional groups attached to an aromatic ring is 1. The minimum absolute atomic E-state index is 0.112. The average molecular weight is 310 g/mol. The molecule has 0 radical (unpaired) electrons. The van der Waals surface area contributed by atoms with Gasteiger partial charge in [0.05, 0.1) is 19.2 Å². The van der Waals surface area contributed by atoms with Crippen molar-refractivity contribution in [2.45, 2.75) is 6.10 Å². The lowest BCUT2D eigenvalue weighted by Gasteiger charge is -2.29. The molecule has 0 aromatic heterocycles. The summed E-state index contributed by atoms with van der Waals surface area (Å²) >= 11 is 3.29. The van der Waals surface area contributed by atoms with Crippen LogP contribution in [0, 0.1) is 11.3 Å². The summed E-state index contributed by atoms with van der Waals surface area (Å²) in [4.78, 5) is 13.8. The molecule has 6 heteroatoms. The Bertz CT molecular complexity index is 513. The minimum atomic E-state index is -0.542. The standard InChI is InChI=1S/C12H12BrN3O2/c13-10-5-8(1-2-11(10)15)12(17)16-3-4-18-9(6-14)7-16/h1-2,5,9H,3-4,7,15H2. The maximum atomic E-state index is 12.2. The van der Waals surface area contributed by atoms with E-state index in [0.29, 0.717) is 35.4 Å². The van der Waals surface area contributed by atoms with Crippen molar-refractivity contribution in [2.24, 2.45) is 0 Å². The largest absolute Gasteiger partial charge is 0.398 e. The monoisotopic (exact) mass is 309 g/mol. The fraction of sp³-hybridized carbons (Fsp3) is 0.333.